The zero-order valence-electron chi connectivity index (χ0n) is 12.6. The minimum Gasteiger partial charge on any atom is -0.334 e. The largest absolute Gasteiger partial charge is 0.334 e. The molecule has 2 rings (SSSR count). The summed E-state index contributed by atoms with van der Waals surface area (Å²) in [4.78, 5) is 8.63. The van der Waals surface area contributed by atoms with Crippen molar-refractivity contribution in [2.75, 3.05) is 0 Å². The molecule has 6 heteroatoms. The summed E-state index contributed by atoms with van der Waals surface area (Å²) in [6.07, 6.45) is 4.43. The fraction of sp³-hybridized carbons (Fsp3) is 0.250. The molecule has 0 amide bonds. The van der Waals surface area contributed by atoms with E-state index in [-0.39, 0.29) is 0 Å². The van der Waals surface area contributed by atoms with E-state index in [4.69, 9.17) is 15.5 Å². The van der Waals surface area contributed by atoms with Crippen LogP contribution in [-0.4, -0.2) is 16.4 Å². The van der Waals surface area contributed by atoms with Gasteiger partial charge in [0.15, 0.2) is 0 Å². The first-order valence-corrected chi connectivity index (χ1v) is 6.99. The van der Waals surface area contributed by atoms with E-state index in [1.807, 2.05) is 26.0 Å². The highest BCUT2D eigenvalue weighted by atomic mass is 16.5. The first-order valence-electron chi connectivity index (χ1n) is 6.99. The molecule has 0 unspecified atom stereocenters. The topological polar surface area (TPSA) is 101 Å². The summed E-state index contributed by atoms with van der Waals surface area (Å²) in [7, 11) is 0. The molecule has 0 bridgehead atoms. The van der Waals surface area contributed by atoms with E-state index < -0.39 is 0 Å². The molecule has 0 fully saturated rings. The normalized spacial score (nSPS) is 11.8. The van der Waals surface area contributed by atoms with Gasteiger partial charge in [-0.05, 0) is 37.1 Å². The van der Waals surface area contributed by atoms with Crippen molar-refractivity contribution in [3.05, 3.63) is 41.2 Å². The zero-order valence-corrected chi connectivity index (χ0v) is 12.6. The molecule has 0 spiro atoms. The molecule has 0 saturated carbocycles. The third-order valence-corrected chi connectivity index (χ3v) is 2.95. The summed E-state index contributed by atoms with van der Waals surface area (Å²) >= 11 is 0. The molecular weight excluding hydrogens is 278 g/mol. The van der Waals surface area contributed by atoms with E-state index in [0.29, 0.717) is 35.1 Å². The molecular formula is C16H17N5O. The molecule has 6 nitrogen and oxygen atoms in total. The maximum atomic E-state index is 9.07. The fourth-order valence-corrected chi connectivity index (χ4v) is 1.89. The third-order valence-electron chi connectivity index (χ3n) is 2.95. The monoisotopic (exact) mass is 295 g/mol. The number of benzene rings is 1. The Balaban J connectivity index is 2.40. The predicted molar refractivity (Wildman–Crippen MR) is 84.8 cm³/mol. The van der Waals surface area contributed by atoms with Crippen LogP contribution < -0.4 is 5.73 Å². The Morgan fingerprint density at radius 1 is 1.45 bits per heavy atom. The second kappa shape index (κ2) is 7.29. The smallest absolute Gasteiger partial charge is 0.258 e. The van der Waals surface area contributed by atoms with Gasteiger partial charge in [0, 0.05) is 18.3 Å². The predicted octanol–water partition coefficient (Wildman–Crippen LogP) is 2.91. The minimum absolute atomic E-state index is 0.338. The van der Waals surface area contributed by atoms with Gasteiger partial charge >= 0.3 is 0 Å². The van der Waals surface area contributed by atoms with Crippen molar-refractivity contribution in [2.24, 2.45) is 10.7 Å². The Labute approximate surface area is 129 Å². The molecule has 0 atom stereocenters. The molecule has 0 aliphatic carbocycles. The van der Waals surface area contributed by atoms with Crippen LogP contribution in [0.3, 0.4) is 0 Å². The molecule has 1 aromatic heterocycles. The van der Waals surface area contributed by atoms with Gasteiger partial charge in [-0.25, -0.2) is 0 Å². The summed E-state index contributed by atoms with van der Waals surface area (Å²) < 4.78 is 5.29. The lowest BCUT2D eigenvalue weighted by molar-refractivity contribution is 0.428. The fourth-order valence-electron chi connectivity index (χ4n) is 1.89. The van der Waals surface area contributed by atoms with E-state index in [1.54, 1.807) is 18.3 Å². The molecule has 2 N–H and O–H groups in total. The highest BCUT2D eigenvalue weighted by molar-refractivity contribution is 5.71. The molecule has 1 aromatic carbocycles. The summed E-state index contributed by atoms with van der Waals surface area (Å²) in [6, 6.07) is 7.37. The van der Waals surface area contributed by atoms with Crippen molar-refractivity contribution >= 4 is 11.9 Å². The lowest BCUT2D eigenvalue weighted by Crippen LogP contribution is -1.97. The number of hydrogen-bond donors (Lipinski definition) is 1. The van der Waals surface area contributed by atoms with Crippen LogP contribution in [-0.2, 0) is 6.54 Å². The van der Waals surface area contributed by atoms with E-state index in [0.717, 1.165) is 12.0 Å². The van der Waals surface area contributed by atoms with Crippen LogP contribution in [0.2, 0.25) is 0 Å². The van der Waals surface area contributed by atoms with E-state index in [9.17, 15) is 0 Å². The SMILES string of the molecule is C/C=C(\N=CCC)c1noc(-c2cc(C#N)cc(CN)c2)n1. The number of allylic oxidation sites excluding steroid dienone is 1. The quantitative estimate of drug-likeness (QED) is 0.854. The number of nitrogens with zero attached hydrogens (tertiary/aromatic N) is 4. The highest BCUT2D eigenvalue weighted by Crippen LogP contribution is 2.23. The van der Waals surface area contributed by atoms with Crippen molar-refractivity contribution in [1.29, 1.82) is 5.26 Å². The second-order valence-corrected chi connectivity index (χ2v) is 4.55. The van der Waals surface area contributed by atoms with Crippen LogP contribution in [0.4, 0.5) is 0 Å². The minimum atomic E-state index is 0.338. The van der Waals surface area contributed by atoms with Gasteiger partial charge in [0.25, 0.3) is 5.89 Å². The lowest BCUT2D eigenvalue weighted by atomic mass is 10.1. The van der Waals surface area contributed by atoms with E-state index in [2.05, 4.69) is 21.2 Å². The first-order chi connectivity index (χ1) is 10.7. The molecule has 22 heavy (non-hydrogen) atoms. The molecule has 2 aromatic rings. The van der Waals surface area contributed by atoms with Gasteiger partial charge in [-0.3, -0.25) is 4.99 Å². The Morgan fingerprint density at radius 2 is 2.27 bits per heavy atom. The highest BCUT2D eigenvalue weighted by Gasteiger charge is 2.13. The van der Waals surface area contributed by atoms with Gasteiger partial charge in [0.05, 0.1) is 11.6 Å². The summed E-state index contributed by atoms with van der Waals surface area (Å²) in [6.45, 7) is 4.20. The summed E-state index contributed by atoms with van der Waals surface area (Å²) in [5, 5.41) is 13.0. The Hall–Kier alpha value is -2.78. The molecule has 0 saturated heterocycles. The van der Waals surface area contributed by atoms with Crippen LogP contribution in [0.1, 0.15) is 37.2 Å². The number of aliphatic imine (C=N–C) groups is 1. The average Bonchev–Trinajstić information content (AvgIpc) is 3.05. The second-order valence-electron chi connectivity index (χ2n) is 4.55. The molecule has 0 aliphatic heterocycles. The molecule has 112 valence electrons. The standard InChI is InChI=1S/C16H17N5O/c1-3-5-19-14(4-2)15-20-16(22-21-15)13-7-11(9-17)6-12(8-13)10-18/h4-8H,3,9,17H2,1-2H3/b14-4-,19-5?. The van der Waals surface area contributed by atoms with Crippen molar-refractivity contribution in [3.8, 4) is 17.5 Å². The molecule has 0 radical (unpaired) electrons. The average molecular weight is 295 g/mol. The van der Waals surface area contributed by atoms with Crippen LogP contribution >= 0.6 is 0 Å². The number of nitriles is 1. The Morgan fingerprint density at radius 3 is 2.91 bits per heavy atom. The van der Waals surface area contributed by atoms with Gasteiger partial charge in [-0.15, -0.1) is 0 Å². The summed E-state index contributed by atoms with van der Waals surface area (Å²) in [5.74, 6) is 0.756. The van der Waals surface area contributed by atoms with Crippen molar-refractivity contribution in [3.63, 3.8) is 0 Å². The number of nitrogens with two attached hydrogens (primary N) is 1. The summed E-state index contributed by atoms with van der Waals surface area (Å²) in [5.41, 5.74) is 8.31. The number of aromatic nitrogens is 2. The van der Waals surface area contributed by atoms with E-state index in [1.165, 1.54) is 0 Å². The number of rotatable bonds is 5. The van der Waals surface area contributed by atoms with Crippen molar-refractivity contribution in [2.45, 2.75) is 26.8 Å². The Kier molecular flexibility index (Phi) is 5.17. The van der Waals surface area contributed by atoms with Crippen LogP contribution in [0.5, 0.6) is 0 Å². The van der Waals surface area contributed by atoms with Gasteiger partial charge in [-0.1, -0.05) is 18.2 Å². The van der Waals surface area contributed by atoms with E-state index >= 15 is 0 Å². The van der Waals surface area contributed by atoms with Crippen molar-refractivity contribution < 1.29 is 4.52 Å². The molecule has 0 aliphatic rings. The van der Waals surface area contributed by atoms with Crippen LogP contribution in [0.15, 0.2) is 33.8 Å². The Bertz CT molecular complexity index is 752. The third kappa shape index (κ3) is 3.45. The molecule has 1 heterocycles. The van der Waals surface area contributed by atoms with Gasteiger partial charge in [0.1, 0.15) is 5.70 Å². The maximum Gasteiger partial charge on any atom is 0.258 e. The van der Waals surface area contributed by atoms with Crippen molar-refractivity contribution in [1.82, 2.24) is 10.1 Å². The van der Waals surface area contributed by atoms with Gasteiger partial charge < -0.3 is 10.3 Å². The lowest BCUT2D eigenvalue weighted by Gasteiger charge is -2.00. The number of hydrogen-bond acceptors (Lipinski definition) is 6. The van der Waals surface area contributed by atoms with Gasteiger partial charge in [0.2, 0.25) is 5.82 Å². The first kappa shape index (κ1) is 15.6. The van der Waals surface area contributed by atoms with Crippen LogP contribution in [0.25, 0.3) is 17.2 Å². The maximum absolute atomic E-state index is 9.07. The van der Waals surface area contributed by atoms with Gasteiger partial charge in [-0.2, -0.15) is 10.2 Å². The zero-order chi connectivity index (χ0) is 15.9. The van der Waals surface area contributed by atoms with Crippen LogP contribution in [0, 0.1) is 11.3 Å².